The Kier molecular flexibility index (Phi) is 3.54. The minimum atomic E-state index is -0.735. The molecular formula is C12H13ClFN3O. The molecule has 1 aromatic heterocycles. The number of benzene rings is 1. The average molecular weight is 270 g/mol. The fourth-order valence-corrected chi connectivity index (χ4v) is 2.19. The van der Waals surface area contributed by atoms with Crippen LogP contribution < -0.4 is 10.5 Å². The van der Waals surface area contributed by atoms with Crippen molar-refractivity contribution in [2.45, 2.75) is 6.04 Å². The standard InChI is InChI=1S/C12H13ClFN3O/c1-17-12(7(13)6-16-17)11(15)10-8(14)4-3-5-9(10)18-2/h3-6,11H,15H2,1-2H3. The molecule has 0 aliphatic heterocycles. The van der Waals surface area contributed by atoms with Gasteiger partial charge in [0.1, 0.15) is 11.6 Å². The van der Waals surface area contributed by atoms with Gasteiger partial charge in [-0.25, -0.2) is 4.39 Å². The number of nitrogens with zero attached hydrogens (tertiary/aromatic N) is 2. The van der Waals surface area contributed by atoms with E-state index in [1.54, 1.807) is 19.2 Å². The van der Waals surface area contributed by atoms with Crippen molar-refractivity contribution in [3.8, 4) is 5.75 Å². The van der Waals surface area contributed by atoms with Crippen molar-refractivity contribution in [1.29, 1.82) is 0 Å². The summed E-state index contributed by atoms with van der Waals surface area (Å²) >= 11 is 6.01. The van der Waals surface area contributed by atoms with Crippen molar-refractivity contribution in [3.63, 3.8) is 0 Å². The van der Waals surface area contributed by atoms with Crippen LogP contribution in [0.3, 0.4) is 0 Å². The molecule has 6 heteroatoms. The van der Waals surface area contributed by atoms with Crippen LogP contribution in [0.1, 0.15) is 17.3 Å². The highest BCUT2D eigenvalue weighted by Crippen LogP contribution is 2.33. The van der Waals surface area contributed by atoms with E-state index >= 15 is 0 Å². The van der Waals surface area contributed by atoms with Gasteiger partial charge in [0.15, 0.2) is 0 Å². The summed E-state index contributed by atoms with van der Waals surface area (Å²) in [7, 11) is 3.17. The maximum absolute atomic E-state index is 13.9. The number of rotatable bonds is 3. The second kappa shape index (κ2) is 4.96. The minimum absolute atomic E-state index is 0.269. The Bertz CT molecular complexity index is 551. The van der Waals surface area contributed by atoms with Gasteiger partial charge >= 0.3 is 0 Å². The van der Waals surface area contributed by atoms with Crippen LogP contribution in [-0.2, 0) is 7.05 Å². The molecule has 0 amide bonds. The molecule has 0 fully saturated rings. The van der Waals surface area contributed by atoms with Gasteiger partial charge < -0.3 is 10.5 Å². The molecule has 1 aromatic carbocycles. The van der Waals surface area contributed by atoms with Gasteiger partial charge in [0.25, 0.3) is 0 Å². The lowest BCUT2D eigenvalue weighted by Gasteiger charge is -2.17. The molecule has 0 aliphatic carbocycles. The maximum atomic E-state index is 13.9. The van der Waals surface area contributed by atoms with Crippen LogP contribution in [0.15, 0.2) is 24.4 Å². The molecule has 1 heterocycles. The molecule has 4 nitrogen and oxygen atoms in total. The summed E-state index contributed by atoms with van der Waals surface area (Å²) in [6.07, 6.45) is 1.48. The first kappa shape index (κ1) is 12.9. The molecule has 0 spiro atoms. The van der Waals surface area contributed by atoms with E-state index in [-0.39, 0.29) is 5.56 Å². The van der Waals surface area contributed by atoms with Gasteiger partial charge in [-0.15, -0.1) is 0 Å². The summed E-state index contributed by atoms with van der Waals surface area (Å²) in [6, 6.07) is 3.82. The molecule has 2 aromatic rings. The maximum Gasteiger partial charge on any atom is 0.132 e. The van der Waals surface area contributed by atoms with Gasteiger partial charge in [-0.1, -0.05) is 17.7 Å². The van der Waals surface area contributed by atoms with E-state index in [9.17, 15) is 4.39 Å². The Hall–Kier alpha value is -1.59. The van der Waals surface area contributed by atoms with Crippen LogP contribution in [0.25, 0.3) is 0 Å². The van der Waals surface area contributed by atoms with E-state index in [1.165, 1.54) is 24.1 Å². The molecule has 0 saturated carbocycles. The van der Waals surface area contributed by atoms with Crippen molar-refractivity contribution in [3.05, 3.63) is 46.5 Å². The van der Waals surface area contributed by atoms with Crippen LogP contribution >= 0.6 is 11.6 Å². The highest BCUT2D eigenvalue weighted by molar-refractivity contribution is 6.31. The Morgan fingerprint density at radius 3 is 2.78 bits per heavy atom. The number of aromatic nitrogens is 2. The normalized spacial score (nSPS) is 12.5. The van der Waals surface area contributed by atoms with E-state index in [2.05, 4.69) is 5.10 Å². The lowest BCUT2D eigenvalue weighted by Crippen LogP contribution is -2.18. The second-order valence-electron chi connectivity index (χ2n) is 3.83. The zero-order valence-electron chi connectivity index (χ0n) is 10.0. The lowest BCUT2D eigenvalue weighted by molar-refractivity contribution is 0.401. The van der Waals surface area contributed by atoms with Crippen LogP contribution in [0.4, 0.5) is 4.39 Å². The molecule has 0 radical (unpaired) electrons. The van der Waals surface area contributed by atoms with Crippen LogP contribution in [-0.4, -0.2) is 16.9 Å². The molecule has 1 unspecified atom stereocenters. The first-order valence-corrected chi connectivity index (χ1v) is 5.69. The fourth-order valence-electron chi connectivity index (χ4n) is 1.90. The van der Waals surface area contributed by atoms with E-state index in [1.807, 2.05) is 0 Å². The second-order valence-corrected chi connectivity index (χ2v) is 4.24. The molecule has 0 bridgehead atoms. The summed E-state index contributed by atoms with van der Waals surface area (Å²) in [5, 5.41) is 4.39. The molecule has 2 rings (SSSR count). The third-order valence-corrected chi connectivity index (χ3v) is 3.07. The average Bonchev–Trinajstić information content (AvgIpc) is 2.68. The Morgan fingerprint density at radius 1 is 1.50 bits per heavy atom. The first-order valence-electron chi connectivity index (χ1n) is 5.31. The SMILES string of the molecule is COc1cccc(F)c1C(N)c1c(Cl)cnn1C. The van der Waals surface area contributed by atoms with Crippen molar-refractivity contribution < 1.29 is 9.13 Å². The third kappa shape index (κ3) is 2.07. The van der Waals surface area contributed by atoms with Gasteiger partial charge in [0.05, 0.1) is 35.6 Å². The molecule has 96 valence electrons. The number of aryl methyl sites for hydroxylation is 1. The van der Waals surface area contributed by atoms with Crippen molar-refractivity contribution in [2.24, 2.45) is 12.8 Å². The number of hydrogen-bond acceptors (Lipinski definition) is 3. The monoisotopic (exact) mass is 269 g/mol. The summed E-state index contributed by atoms with van der Waals surface area (Å²) in [6.45, 7) is 0. The summed E-state index contributed by atoms with van der Waals surface area (Å²) < 4.78 is 20.6. The predicted octanol–water partition coefficient (Wildman–Crippen LogP) is 2.27. The minimum Gasteiger partial charge on any atom is -0.496 e. The van der Waals surface area contributed by atoms with E-state index in [4.69, 9.17) is 22.1 Å². The molecule has 18 heavy (non-hydrogen) atoms. The van der Waals surface area contributed by atoms with Gasteiger partial charge in [0.2, 0.25) is 0 Å². The number of nitrogens with two attached hydrogens (primary N) is 1. The number of hydrogen-bond donors (Lipinski definition) is 1. The van der Waals surface area contributed by atoms with Crippen LogP contribution in [0, 0.1) is 5.82 Å². The zero-order valence-corrected chi connectivity index (χ0v) is 10.8. The number of ether oxygens (including phenoxy) is 1. The molecule has 0 saturated heterocycles. The van der Waals surface area contributed by atoms with Crippen LogP contribution in [0.2, 0.25) is 5.02 Å². The van der Waals surface area contributed by atoms with Crippen molar-refractivity contribution >= 4 is 11.6 Å². The zero-order chi connectivity index (χ0) is 13.3. The van der Waals surface area contributed by atoms with E-state index < -0.39 is 11.9 Å². The Morgan fingerprint density at radius 2 is 2.22 bits per heavy atom. The molecular weight excluding hydrogens is 257 g/mol. The summed E-state index contributed by atoms with van der Waals surface area (Å²) in [4.78, 5) is 0. The number of methoxy groups -OCH3 is 1. The molecule has 1 atom stereocenters. The van der Waals surface area contributed by atoms with Crippen LogP contribution in [0.5, 0.6) is 5.75 Å². The van der Waals surface area contributed by atoms with Gasteiger partial charge in [0, 0.05) is 7.05 Å². The Labute approximate surface area is 109 Å². The predicted molar refractivity (Wildman–Crippen MR) is 67.2 cm³/mol. The smallest absolute Gasteiger partial charge is 0.132 e. The summed E-state index contributed by atoms with van der Waals surface area (Å²) in [5.74, 6) is -0.0427. The fraction of sp³-hybridized carbons (Fsp3) is 0.250. The summed E-state index contributed by atoms with van der Waals surface area (Å²) in [5.41, 5.74) is 6.89. The van der Waals surface area contributed by atoms with E-state index in [0.717, 1.165) is 0 Å². The topological polar surface area (TPSA) is 53.1 Å². The van der Waals surface area contributed by atoms with Gasteiger partial charge in [-0.2, -0.15) is 5.10 Å². The van der Waals surface area contributed by atoms with Crippen molar-refractivity contribution in [2.75, 3.05) is 7.11 Å². The first-order chi connectivity index (χ1) is 8.56. The van der Waals surface area contributed by atoms with Gasteiger partial charge in [-0.05, 0) is 12.1 Å². The highest BCUT2D eigenvalue weighted by Gasteiger charge is 2.23. The molecule has 0 aliphatic rings. The lowest BCUT2D eigenvalue weighted by atomic mass is 10.0. The third-order valence-electron chi connectivity index (χ3n) is 2.78. The molecule has 2 N–H and O–H groups in total. The van der Waals surface area contributed by atoms with E-state index in [0.29, 0.717) is 16.5 Å². The highest BCUT2D eigenvalue weighted by atomic mass is 35.5. The van der Waals surface area contributed by atoms with Crippen molar-refractivity contribution in [1.82, 2.24) is 9.78 Å². The largest absolute Gasteiger partial charge is 0.496 e. The van der Waals surface area contributed by atoms with Gasteiger partial charge in [-0.3, -0.25) is 4.68 Å². The number of halogens is 2. The Balaban J connectivity index is 2.56. The quantitative estimate of drug-likeness (QED) is 0.930.